The van der Waals surface area contributed by atoms with Crippen molar-refractivity contribution in [3.05, 3.63) is 64.1 Å². The third kappa shape index (κ3) is 6.05. The SMILES string of the molecule is CCOCC(=O)O[C@@H](C(=O)Nc1cc(Cl)cc(Cl)c1)c1ccccc1. The molecule has 1 amide bonds. The van der Waals surface area contributed by atoms with Gasteiger partial charge in [0.05, 0.1) is 0 Å². The topological polar surface area (TPSA) is 64.6 Å². The Hall–Kier alpha value is -2.08. The first-order chi connectivity index (χ1) is 12.0. The second-order valence-corrected chi connectivity index (χ2v) is 5.94. The summed E-state index contributed by atoms with van der Waals surface area (Å²) in [5, 5.41) is 3.42. The van der Waals surface area contributed by atoms with Gasteiger partial charge in [0.25, 0.3) is 5.91 Å². The Morgan fingerprint density at radius 3 is 2.32 bits per heavy atom. The molecule has 1 atom stereocenters. The molecule has 0 spiro atoms. The van der Waals surface area contributed by atoms with Crippen molar-refractivity contribution < 1.29 is 19.1 Å². The van der Waals surface area contributed by atoms with Crippen LogP contribution in [0.3, 0.4) is 0 Å². The molecule has 2 aromatic rings. The van der Waals surface area contributed by atoms with Crippen LogP contribution in [0, 0.1) is 0 Å². The molecule has 1 N–H and O–H groups in total. The largest absolute Gasteiger partial charge is 0.446 e. The van der Waals surface area contributed by atoms with Crippen LogP contribution in [0.4, 0.5) is 5.69 Å². The Morgan fingerprint density at radius 1 is 1.08 bits per heavy atom. The summed E-state index contributed by atoms with van der Waals surface area (Å²) in [6, 6.07) is 13.4. The zero-order valence-electron chi connectivity index (χ0n) is 13.5. The van der Waals surface area contributed by atoms with Crippen LogP contribution in [-0.4, -0.2) is 25.1 Å². The highest BCUT2D eigenvalue weighted by molar-refractivity contribution is 6.35. The first-order valence-electron chi connectivity index (χ1n) is 7.58. The number of carbonyl (C=O) groups excluding carboxylic acids is 2. The van der Waals surface area contributed by atoms with Crippen molar-refractivity contribution >= 4 is 40.8 Å². The van der Waals surface area contributed by atoms with Gasteiger partial charge in [0, 0.05) is 27.9 Å². The molecule has 0 saturated heterocycles. The summed E-state index contributed by atoms with van der Waals surface area (Å²) >= 11 is 11.9. The third-order valence-corrected chi connectivity index (χ3v) is 3.58. The van der Waals surface area contributed by atoms with Gasteiger partial charge in [-0.2, -0.15) is 0 Å². The van der Waals surface area contributed by atoms with E-state index in [4.69, 9.17) is 32.7 Å². The second kappa shape index (κ2) is 9.42. The molecule has 0 fully saturated rings. The summed E-state index contributed by atoms with van der Waals surface area (Å²) in [5.74, 6) is -1.15. The average Bonchev–Trinajstić information content (AvgIpc) is 2.57. The third-order valence-electron chi connectivity index (χ3n) is 3.14. The van der Waals surface area contributed by atoms with E-state index in [2.05, 4.69) is 5.32 Å². The number of esters is 1. The minimum absolute atomic E-state index is 0.226. The Balaban J connectivity index is 2.18. The number of hydrogen-bond donors (Lipinski definition) is 1. The van der Waals surface area contributed by atoms with E-state index in [-0.39, 0.29) is 6.61 Å². The molecule has 0 aliphatic carbocycles. The number of ether oxygens (including phenoxy) is 2. The molecule has 0 radical (unpaired) electrons. The molecule has 0 saturated carbocycles. The van der Waals surface area contributed by atoms with Crippen LogP contribution >= 0.6 is 23.2 Å². The molecule has 0 aliphatic heterocycles. The normalized spacial score (nSPS) is 11.6. The summed E-state index contributed by atoms with van der Waals surface area (Å²) in [6.45, 7) is 1.91. The standard InChI is InChI=1S/C18H17Cl2NO4/c1-2-24-11-16(22)25-17(12-6-4-3-5-7-12)18(23)21-15-9-13(19)8-14(20)10-15/h3-10,17H,2,11H2,1H3,(H,21,23)/t17-/m1/s1. The van der Waals surface area contributed by atoms with Gasteiger partial charge in [0.2, 0.25) is 6.10 Å². The van der Waals surface area contributed by atoms with Gasteiger partial charge in [-0.25, -0.2) is 4.79 Å². The molecule has 25 heavy (non-hydrogen) atoms. The van der Waals surface area contributed by atoms with E-state index in [9.17, 15) is 9.59 Å². The molecule has 0 heterocycles. The monoisotopic (exact) mass is 381 g/mol. The predicted molar refractivity (Wildman–Crippen MR) is 96.9 cm³/mol. The van der Waals surface area contributed by atoms with Crippen molar-refractivity contribution in [3.63, 3.8) is 0 Å². The van der Waals surface area contributed by atoms with Crippen LogP contribution in [-0.2, 0) is 19.1 Å². The van der Waals surface area contributed by atoms with Gasteiger partial charge in [-0.15, -0.1) is 0 Å². The predicted octanol–water partition coefficient (Wildman–Crippen LogP) is 4.25. The van der Waals surface area contributed by atoms with E-state index < -0.39 is 18.0 Å². The number of carbonyl (C=O) groups is 2. The van der Waals surface area contributed by atoms with Crippen LogP contribution in [0.1, 0.15) is 18.6 Å². The fraction of sp³-hybridized carbons (Fsp3) is 0.222. The molecule has 0 bridgehead atoms. The Morgan fingerprint density at radius 2 is 1.72 bits per heavy atom. The first-order valence-corrected chi connectivity index (χ1v) is 8.34. The second-order valence-electron chi connectivity index (χ2n) is 5.07. The molecule has 7 heteroatoms. The quantitative estimate of drug-likeness (QED) is 0.727. The number of nitrogens with one attached hydrogen (secondary N) is 1. The van der Waals surface area contributed by atoms with Crippen molar-refractivity contribution in [3.8, 4) is 0 Å². The summed E-state index contributed by atoms with van der Waals surface area (Å²) in [6.07, 6.45) is -1.12. The number of benzene rings is 2. The fourth-order valence-corrected chi connectivity index (χ4v) is 2.61. The fourth-order valence-electron chi connectivity index (χ4n) is 2.09. The van der Waals surface area contributed by atoms with Gasteiger partial charge in [0.1, 0.15) is 6.61 Å². The Bertz CT molecular complexity index is 717. The van der Waals surface area contributed by atoms with Crippen LogP contribution in [0.5, 0.6) is 0 Å². The van der Waals surface area contributed by atoms with E-state index in [1.54, 1.807) is 55.5 Å². The molecule has 2 rings (SSSR count). The summed E-state index contributed by atoms with van der Waals surface area (Å²) in [5.41, 5.74) is 0.947. The maximum Gasteiger partial charge on any atom is 0.333 e. The van der Waals surface area contributed by atoms with Crippen molar-refractivity contribution in [1.29, 1.82) is 0 Å². The number of anilines is 1. The maximum absolute atomic E-state index is 12.6. The number of amides is 1. The van der Waals surface area contributed by atoms with Crippen molar-refractivity contribution in [2.75, 3.05) is 18.5 Å². The highest BCUT2D eigenvalue weighted by Crippen LogP contribution is 2.25. The molecular formula is C18H17Cl2NO4. The molecular weight excluding hydrogens is 365 g/mol. The van der Waals surface area contributed by atoms with E-state index in [0.717, 1.165) is 0 Å². The van der Waals surface area contributed by atoms with E-state index >= 15 is 0 Å². The van der Waals surface area contributed by atoms with E-state index in [0.29, 0.717) is 27.9 Å². The molecule has 0 unspecified atom stereocenters. The first kappa shape index (κ1) is 19.2. The van der Waals surface area contributed by atoms with Crippen LogP contribution < -0.4 is 5.32 Å². The van der Waals surface area contributed by atoms with Gasteiger partial charge < -0.3 is 14.8 Å². The molecule has 132 valence electrons. The van der Waals surface area contributed by atoms with Crippen molar-refractivity contribution in [1.82, 2.24) is 0 Å². The highest BCUT2D eigenvalue weighted by atomic mass is 35.5. The lowest BCUT2D eigenvalue weighted by molar-refractivity contribution is -0.159. The molecule has 0 aliphatic rings. The van der Waals surface area contributed by atoms with Gasteiger partial charge >= 0.3 is 5.97 Å². The van der Waals surface area contributed by atoms with Crippen LogP contribution in [0.25, 0.3) is 0 Å². The van der Waals surface area contributed by atoms with E-state index in [1.165, 1.54) is 0 Å². The smallest absolute Gasteiger partial charge is 0.333 e. The lowest BCUT2D eigenvalue weighted by Crippen LogP contribution is -2.27. The number of hydrogen-bond acceptors (Lipinski definition) is 4. The summed E-state index contributed by atoms with van der Waals surface area (Å²) in [7, 11) is 0. The molecule has 2 aromatic carbocycles. The lowest BCUT2D eigenvalue weighted by atomic mass is 10.1. The average molecular weight is 382 g/mol. The van der Waals surface area contributed by atoms with Crippen LogP contribution in [0.2, 0.25) is 10.0 Å². The maximum atomic E-state index is 12.6. The molecule has 5 nitrogen and oxygen atoms in total. The lowest BCUT2D eigenvalue weighted by Gasteiger charge is -2.18. The van der Waals surface area contributed by atoms with Crippen LogP contribution in [0.15, 0.2) is 48.5 Å². The zero-order valence-corrected chi connectivity index (χ0v) is 15.0. The van der Waals surface area contributed by atoms with Crippen molar-refractivity contribution in [2.45, 2.75) is 13.0 Å². The highest BCUT2D eigenvalue weighted by Gasteiger charge is 2.25. The van der Waals surface area contributed by atoms with Gasteiger partial charge in [-0.3, -0.25) is 4.79 Å². The van der Waals surface area contributed by atoms with Gasteiger partial charge in [-0.05, 0) is 25.1 Å². The number of rotatable bonds is 7. The van der Waals surface area contributed by atoms with Gasteiger partial charge in [-0.1, -0.05) is 53.5 Å². The Kier molecular flexibility index (Phi) is 7.25. The Labute approximate surface area is 155 Å². The summed E-state index contributed by atoms with van der Waals surface area (Å²) < 4.78 is 10.3. The number of halogens is 2. The molecule has 0 aromatic heterocycles. The van der Waals surface area contributed by atoms with Gasteiger partial charge in [0.15, 0.2) is 0 Å². The van der Waals surface area contributed by atoms with Crippen molar-refractivity contribution in [2.24, 2.45) is 0 Å². The zero-order chi connectivity index (χ0) is 18.2. The minimum atomic E-state index is -1.12. The summed E-state index contributed by atoms with van der Waals surface area (Å²) in [4.78, 5) is 24.5. The van der Waals surface area contributed by atoms with E-state index in [1.807, 2.05) is 0 Å². The minimum Gasteiger partial charge on any atom is -0.446 e.